The Labute approximate surface area is 65.5 Å². The fraction of sp³-hybridized carbons (Fsp3) is 0.800. The Morgan fingerprint density at radius 2 is 2.44 bits per heavy atom. The summed E-state index contributed by atoms with van der Waals surface area (Å²) in [5, 5.41) is 0.563. The van der Waals surface area contributed by atoms with Gasteiger partial charge in [0, 0.05) is 5.25 Å². The maximum absolute atomic E-state index is 5.06. The third-order valence-corrected chi connectivity index (χ3v) is 2.48. The van der Waals surface area contributed by atoms with Gasteiger partial charge in [-0.1, -0.05) is 37.8 Å². The zero-order chi connectivity index (χ0) is 7.28. The second kappa shape index (κ2) is 5.02. The molecule has 0 spiro atoms. The largest absolute Gasteiger partial charge is 0.309 e. The zero-order valence-electron chi connectivity index (χ0n) is 5.68. The quantitative estimate of drug-likeness (QED) is 0.366. The number of thiocarbonyl (C=S) groups is 1. The molecular formula is C5H12N2S2. The lowest BCUT2D eigenvalue weighted by Gasteiger charge is -2.06. The Hall–Kier alpha value is 0.200. The highest BCUT2D eigenvalue weighted by atomic mass is 32.2. The van der Waals surface area contributed by atoms with E-state index in [2.05, 4.69) is 19.3 Å². The van der Waals surface area contributed by atoms with E-state index in [-0.39, 0.29) is 0 Å². The first-order valence-electron chi connectivity index (χ1n) is 2.88. The summed E-state index contributed by atoms with van der Waals surface area (Å²) in [4.78, 5) is 0. The van der Waals surface area contributed by atoms with Crippen LogP contribution in [0.2, 0.25) is 0 Å². The summed E-state index contributed by atoms with van der Waals surface area (Å²) in [6.45, 7) is 4.24. The molecule has 2 nitrogen and oxygen atoms in total. The van der Waals surface area contributed by atoms with Gasteiger partial charge in [-0.2, -0.15) is 0 Å². The Kier molecular flexibility index (Phi) is 5.13. The van der Waals surface area contributed by atoms with E-state index in [9.17, 15) is 0 Å². The number of nitrogens with two attached hydrogens (primary N) is 1. The molecule has 54 valence electrons. The van der Waals surface area contributed by atoms with Gasteiger partial charge in [-0.15, -0.1) is 0 Å². The number of hydrazine groups is 1. The van der Waals surface area contributed by atoms with Gasteiger partial charge < -0.3 is 5.43 Å². The highest BCUT2D eigenvalue weighted by Crippen LogP contribution is 2.13. The second-order valence-corrected chi connectivity index (χ2v) is 3.88. The van der Waals surface area contributed by atoms with E-state index < -0.39 is 0 Å². The van der Waals surface area contributed by atoms with E-state index >= 15 is 0 Å². The van der Waals surface area contributed by atoms with Gasteiger partial charge in [0.1, 0.15) is 4.32 Å². The SMILES string of the molecule is CCC(C)SC(=S)NN. The van der Waals surface area contributed by atoms with Gasteiger partial charge in [0.2, 0.25) is 0 Å². The molecule has 0 saturated heterocycles. The number of hydrogen-bond acceptors (Lipinski definition) is 3. The maximum Gasteiger partial charge on any atom is 0.148 e. The number of nitrogens with one attached hydrogen (secondary N) is 1. The summed E-state index contributed by atoms with van der Waals surface area (Å²) in [5.41, 5.74) is 2.42. The van der Waals surface area contributed by atoms with Crippen molar-refractivity contribution in [2.45, 2.75) is 25.5 Å². The van der Waals surface area contributed by atoms with Gasteiger partial charge in [-0.25, -0.2) is 5.84 Å². The van der Waals surface area contributed by atoms with Crippen LogP contribution in [0.15, 0.2) is 0 Å². The minimum absolute atomic E-state index is 0.563. The first-order valence-corrected chi connectivity index (χ1v) is 4.16. The molecule has 0 saturated carbocycles. The molecule has 1 atom stereocenters. The predicted molar refractivity (Wildman–Crippen MR) is 47.3 cm³/mol. The molecule has 4 heteroatoms. The van der Waals surface area contributed by atoms with Crippen LogP contribution < -0.4 is 11.3 Å². The average molecular weight is 164 g/mol. The van der Waals surface area contributed by atoms with Crippen molar-refractivity contribution in [3.8, 4) is 0 Å². The van der Waals surface area contributed by atoms with Gasteiger partial charge in [-0.3, -0.25) is 0 Å². The Balaban J connectivity index is 3.34. The zero-order valence-corrected chi connectivity index (χ0v) is 7.31. The molecule has 3 N–H and O–H groups in total. The van der Waals surface area contributed by atoms with E-state index in [1.165, 1.54) is 0 Å². The fourth-order valence-corrected chi connectivity index (χ4v) is 1.39. The van der Waals surface area contributed by atoms with E-state index in [1.807, 2.05) is 0 Å². The van der Waals surface area contributed by atoms with Crippen molar-refractivity contribution in [3.63, 3.8) is 0 Å². The number of hydrogen-bond donors (Lipinski definition) is 2. The normalized spacial score (nSPS) is 12.8. The van der Waals surface area contributed by atoms with Gasteiger partial charge >= 0.3 is 0 Å². The van der Waals surface area contributed by atoms with Crippen LogP contribution in [0.25, 0.3) is 0 Å². The summed E-state index contributed by atoms with van der Waals surface area (Å²) in [7, 11) is 0. The Bertz CT molecular complexity index is 95.0. The molecule has 0 aliphatic heterocycles. The van der Waals surface area contributed by atoms with Crippen LogP contribution in [0.4, 0.5) is 0 Å². The number of thioether (sulfide) groups is 1. The van der Waals surface area contributed by atoms with Crippen LogP contribution in [0.1, 0.15) is 20.3 Å². The molecule has 0 aliphatic rings. The summed E-state index contributed by atoms with van der Waals surface area (Å²) in [6, 6.07) is 0. The second-order valence-electron chi connectivity index (χ2n) is 1.77. The summed E-state index contributed by atoms with van der Waals surface area (Å²) >= 11 is 6.42. The topological polar surface area (TPSA) is 38.0 Å². The van der Waals surface area contributed by atoms with Crippen LogP contribution in [0, 0.1) is 0 Å². The molecule has 0 rings (SSSR count). The molecule has 9 heavy (non-hydrogen) atoms. The van der Waals surface area contributed by atoms with Crippen molar-refractivity contribution in [2.24, 2.45) is 5.84 Å². The lowest BCUT2D eigenvalue weighted by Crippen LogP contribution is -2.27. The lowest BCUT2D eigenvalue weighted by molar-refractivity contribution is 0.909. The summed E-state index contributed by atoms with van der Waals surface area (Å²) < 4.78 is 0.671. The first kappa shape index (κ1) is 9.20. The standard InChI is InChI=1S/C5H12N2S2/c1-3-4(2)9-5(8)7-6/h4H,3,6H2,1-2H3,(H,7,8). The highest BCUT2D eigenvalue weighted by molar-refractivity contribution is 8.23. The monoisotopic (exact) mass is 164 g/mol. The molecule has 0 aromatic rings. The maximum atomic E-state index is 5.06. The predicted octanol–water partition coefficient (Wildman–Crippen LogP) is 1.27. The van der Waals surface area contributed by atoms with E-state index in [0.29, 0.717) is 9.57 Å². The minimum atomic E-state index is 0.563. The highest BCUT2D eigenvalue weighted by Gasteiger charge is 2.00. The first-order chi connectivity index (χ1) is 4.20. The lowest BCUT2D eigenvalue weighted by atomic mass is 10.4. The third-order valence-electron chi connectivity index (χ3n) is 1.00. The molecule has 0 aromatic carbocycles. The molecule has 0 bridgehead atoms. The van der Waals surface area contributed by atoms with Crippen LogP contribution in [0.5, 0.6) is 0 Å². The van der Waals surface area contributed by atoms with Crippen molar-refractivity contribution in [3.05, 3.63) is 0 Å². The smallest absolute Gasteiger partial charge is 0.148 e. The molecular weight excluding hydrogens is 152 g/mol. The molecule has 0 aliphatic carbocycles. The van der Waals surface area contributed by atoms with Crippen molar-refractivity contribution < 1.29 is 0 Å². The average Bonchev–Trinajstić information content (AvgIpc) is 1.87. The Morgan fingerprint density at radius 1 is 1.89 bits per heavy atom. The fourth-order valence-electron chi connectivity index (χ4n) is 0.300. The van der Waals surface area contributed by atoms with E-state index in [0.717, 1.165) is 6.42 Å². The summed E-state index contributed by atoms with van der Waals surface area (Å²) in [5.74, 6) is 5.06. The van der Waals surface area contributed by atoms with Crippen molar-refractivity contribution >= 4 is 28.3 Å². The van der Waals surface area contributed by atoms with Crippen LogP contribution in [-0.4, -0.2) is 9.57 Å². The van der Waals surface area contributed by atoms with Crippen LogP contribution >= 0.6 is 24.0 Å². The minimum Gasteiger partial charge on any atom is -0.309 e. The molecule has 0 heterocycles. The molecule has 1 unspecified atom stereocenters. The van der Waals surface area contributed by atoms with Gasteiger partial charge in [0.15, 0.2) is 0 Å². The third kappa shape index (κ3) is 4.69. The molecule has 0 amide bonds. The summed E-state index contributed by atoms with van der Waals surface area (Å²) in [6.07, 6.45) is 1.12. The van der Waals surface area contributed by atoms with Crippen molar-refractivity contribution in [2.75, 3.05) is 0 Å². The molecule has 0 aromatic heterocycles. The Morgan fingerprint density at radius 3 is 2.78 bits per heavy atom. The van der Waals surface area contributed by atoms with Crippen LogP contribution in [-0.2, 0) is 0 Å². The van der Waals surface area contributed by atoms with Crippen molar-refractivity contribution in [1.29, 1.82) is 0 Å². The van der Waals surface area contributed by atoms with Crippen molar-refractivity contribution in [1.82, 2.24) is 5.43 Å². The van der Waals surface area contributed by atoms with E-state index in [1.54, 1.807) is 11.8 Å². The van der Waals surface area contributed by atoms with E-state index in [4.69, 9.17) is 18.1 Å². The molecule has 0 radical (unpaired) electrons. The number of rotatable bonds is 2. The van der Waals surface area contributed by atoms with Gasteiger partial charge in [-0.05, 0) is 6.42 Å². The van der Waals surface area contributed by atoms with Crippen LogP contribution in [0.3, 0.4) is 0 Å². The molecule has 0 fully saturated rings. The van der Waals surface area contributed by atoms with Gasteiger partial charge in [0.05, 0.1) is 0 Å². The van der Waals surface area contributed by atoms with Gasteiger partial charge in [0.25, 0.3) is 0 Å².